The molecule has 15 heavy (non-hydrogen) atoms. The first-order chi connectivity index (χ1) is 7.27. The third-order valence-electron chi connectivity index (χ3n) is 2.28. The van der Waals surface area contributed by atoms with Crippen molar-refractivity contribution in [1.82, 2.24) is 4.98 Å². The number of nitrogens with two attached hydrogens (primary N) is 1. The van der Waals surface area contributed by atoms with Gasteiger partial charge in [-0.25, -0.2) is 4.98 Å². The molecule has 84 valence electrons. The Morgan fingerprint density at radius 1 is 1.33 bits per heavy atom. The lowest BCUT2D eigenvalue weighted by Gasteiger charge is -2.09. The standard InChI is InChI=1S/C12H20N2O/c1-3-4-5-8-15-12-11(9-13)7-6-10(2)14-12/h6-7H,3-5,8-9,13H2,1-2H3. The molecule has 1 aromatic rings. The van der Waals surface area contributed by atoms with Crippen LogP contribution in [0.5, 0.6) is 5.88 Å². The Morgan fingerprint density at radius 3 is 2.80 bits per heavy atom. The molecule has 1 heterocycles. The van der Waals surface area contributed by atoms with Crippen LogP contribution in [-0.4, -0.2) is 11.6 Å². The molecule has 0 aliphatic carbocycles. The van der Waals surface area contributed by atoms with Gasteiger partial charge in [-0.05, 0) is 19.4 Å². The van der Waals surface area contributed by atoms with Crippen molar-refractivity contribution < 1.29 is 4.74 Å². The summed E-state index contributed by atoms with van der Waals surface area (Å²) >= 11 is 0. The number of unbranched alkanes of at least 4 members (excludes halogenated alkanes) is 2. The normalized spacial score (nSPS) is 10.3. The van der Waals surface area contributed by atoms with E-state index in [9.17, 15) is 0 Å². The molecule has 0 unspecified atom stereocenters. The van der Waals surface area contributed by atoms with E-state index >= 15 is 0 Å². The average molecular weight is 208 g/mol. The zero-order valence-corrected chi connectivity index (χ0v) is 9.62. The molecule has 0 radical (unpaired) electrons. The maximum Gasteiger partial charge on any atom is 0.218 e. The van der Waals surface area contributed by atoms with Crippen molar-refractivity contribution in [1.29, 1.82) is 0 Å². The highest BCUT2D eigenvalue weighted by molar-refractivity contribution is 5.27. The van der Waals surface area contributed by atoms with Gasteiger partial charge in [0.1, 0.15) is 0 Å². The number of hydrogen-bond acceptors (Lipinski definition) is 3. The third kappa shape index (κ3) is 3.88. The van der Waals surface area contributed by atoms with Crippen LogP contribution in [0.25, 0.3) is 0 Å². The van der Waals surface area contributed by atoms with Gasteiger partial charge in [0.05, 0.1) is 6.61 Å². The number of nitrogens with zero attached hydrogens (tertiary/aromatic N) is 1. The van der Waals surface area contributed by atoms with Gasteiger partial charge in [0, 0.05) is 17.8 Å². The van der Waals surface area contributed by atoms with Crippen LogP contribution in [0.1, 0.15) is 37.4 Å². The lowest BCUT2D eigenvalue weighted by atomic mass is 10.2. The highest BCUT2D eigenvalue weighted by atomic mass is 16.5. The van der Waals surface area contributed by atoms with Gasteiger partial charge in [0.25, 0.3) is 0 Å². The summed E-state index contributed by atoms with van der Waals surface area (Å²) in [6.07, 6.45) is 3.48. The fourth-order valence-corrected chi connectivity index (χ4v) is 1.36. The molecule has 0 spiro atoms. The van der Waals surface area contributed by atoms with Crippen molar-refractivity contribution in [2.24, 2.45) is 5.73 Å². The van der Waals surface area contributed by atoms with Crippen LogP contribution in [0.2, 0.25) is 0 Å². The van der Waals surface area contributed by atoms with E-state index in [4.69, 9.17) is 10.5 Å². The topological polar surface area (TPSA) is 48.1 Å². The monoisotopic (exact) mass is 208 g/mol. The summed E-state index contributed by atoms with van der Waals surface area (Å²) in [6.45, 7) is 5.35. The molecular formula is C12H20N2O. The van der Waals surface area contributed by atoms with Crippen molar-refractivity contribution >= 4 is 0 Å². The summed E-state index contributed by atoms with van der Waals surface area (Å²) in [5.74, 6) is 0.702. The fourth-order valence-electron chi connectivity index (χ4n) is 1.36. The SMILES string of the molecule is CCCCCOc1nc(C)ccc1CN. The van der Waals surface area contributed by atoms with Crippen LogP contribution in [-0.2, 0) is 6.54 Å². The summed E-state index contributed by atoms with van der Waals surface area (Å²) in [6, 6.07) is 3.94. The summed E-state index contributed by atoms with van der Waals surface area (Å²) in [5.41, 5.74) is 7.56. The van der Waals surface area contributed by atoms with Crippen molar-refractivity contribution in [3.8, 4) is 5.88 Å². The third-order valence-corrected chi connectivity index (χ3v) is 2.28. The van der Waals surface area contributed by atoms with E-state index in [1.165, 1.54) is 12.8 Å². The molecule has 3 heteroatoms. The molecule has 0 amide bonds. The van der Waals surface area contributed by atoms with E-state index < -0.39 is 0 Å². The fraction of sp³-hybridized carbons (Fsp3) is 0.583. The van der Waals surface area contributed by atoms with Crippen molar-refractivity contribution in [3.05, 3.63) is 23.4 Å². The van der Waals surface area contributed by atoms with Crippen molar-refractivity contribution in [2.45, 2.75) is 39.7 Å². The van der Waals surface area contributed by atoms with Gasteiger partial charge >= 0.3 is 0 Å². The Hall–Kier alpha value is -1.09. The zero-order chi connectivity index (χ0) is 11.1. The maximum absolute atomic E-state index is 5.62. The first kappa shape index (κ1) is 12.0. The van der Waals surface area contributed by atoms with Gasteiger partial charge in [-0.15, -0.1) is 0 Å². The molecule has 0 saturated heterocycles. The summed E-state index contributed by atoms with van der Waals surface area (Å²) in [4.78, 5) is 4.34. The molecule has 0 aromatic carbocycles. The molecule has 0 aliphatic rings. The predicted molar refractivity (Wildman–Crippen MR) is 61.9 cm³/mol. The molecule has 0 bridgehead atoms. The van der Waals surface area contributed by atoms with Crippen LogP contribution >= 0.6 is 0 Å². The smallest absolute Gasteiger partial charge is 0.218 e. The Balaban J connectivity index is 2.54. The van der Waals surface area contributed by atoms with Crippen molar-refractivity contribution in [3.63, 3.8) is 0 Å². The van der Waals surface area contributed by atoms with E-state index in [0.29, 0.717) is 12.4 Å². The van der Waals surface area contributed by atoms with Crippen LogP contribution in [0, 0.1) is 6.92 Å². The van der Waals surface area contributed by atoms with Gasteiger partial charge in [0.2, 0.25) is 5.88 Å². The summed E-state index contributed by atoms with van der Waals surface area (Å²) < 4.78 is 5.62. The van der Waals surface area contributed by atoms with Gasteiger partial charge in [-0.3, -0.25) is 0 Å². The molecule has 1 rings (SSSR count). The van der Waals surface area contributed by atoms with Crippen LogP contribution < -0.4 is 10.5 Å². The molecule has 0 fully saturated rings. The van der Waals surface area contributed by atoms with Gasteiger partial charge < -0.3 is 10.5 Å². The minimum atomic E-state index is 0.483. The second-order valence-corrected chi connectivity index (χ2v) is 3.68. The lowest BCUT2D eigenvalue weighted by Crippen LogP contribution is -2.06. The zero-order valence-electron chi connectivity index (χ0n) is 9.62. The number of aryl methyl sites for hydroxylation is 1. The van der Waals surface area contributed by atoms with E-state index in [0.717, 1.165) is 24.3 Å². The van der Waals surface area contributed by atoms with Gasteiger partial charge in [-0.1, -0.05) is 25.8 Å². The Morgan fingerprint density at radius 2 is 2.13 bits per heavy atom. The summed E-state index contributed by atoms with van der Waals surface area (Å²) in [5, 5.41) is 0. The van der Waals surface area contributed by atoms with Gasteiger partial charge in [0.15, 0.2) is 0 Å². The maximum atomic E-state index is 5.62. The molecular weight excluding hydrogens is 188 g/mol. The number of aromatic nitrogens is 1. The minimum absolute atomic E-state index is 0.483. The molecule has 1 aromatic heterocycles. The van der Waals surface area contributed by atoms with E-state index in [-0.39, 0.29) is 0 Å². The lowest BCUT2D eigenvalue weighted by molar-refractivity contribution is 0.291. The molecule has 0 atom stereocenters. The largest absolute Gasteiger partial charge is 0.477 e. The molecule has 2 N–H and O–H groups in total. The van der Waals surface area contributed by atoms with Crippen LogP contribution in [0.4, 0.5) is 0 Å². The quantitative estimate of drug-likeness (QED) is 0.730. The van der Waals surface area contributed by atoms with Crippen molar-refractivity contribution in [2.75, 3.05) is 6.61 Å². The highest BCUT2D eigenvalue weighted by Gasteiger charge is 2.03. The van der Waals surface area contributed by atoms with Crippen LogP contribution in [0.3, 0.4) is 0 Å². The highest BCUT2D eigenvalue weighted by Crippen LogP contribution is 2.15. The number of ether oxygens (including phenoxy) is 1. The van der Waals surface area contributed by atoms with Crippen LogP contribution in [0.15, 0.2) is 12.1 Å². The molecule has 3 nitrogen and oxygen atoms in total. The average Bonchev–Trinajstić information content (AvgIpc) is 2.25. The first-order valence-corrected chi connectivity index (χ1v) is 5.57. The number of pyridine rings is 1. The molecule has 0 saturated carbocycles. The number of hydrogen-bond donors (Lipinski definition) is 1. The minimum Gasteiger partial charge on any atom is -0.477 e. The van der Waals surface area contributed by atoms with E-state index in [1.54, 1.807) is 0 Å². The second-order valence-electron chi connectivity index (χ2n) is 3.68. The Bertz CT molecular complexity index is 300. The van der Waals surface area contributed by atoms with Gasteiger partial charge in [-0.2, -0.15) is 0 Å². The van der Waals surface area contributed by atoms with E-state index in [2.05, 4.69) is 11.9 Å². The van der Waals surface area contributed by atoms with E-state index in [1.807, 2.05) is 19.1 Å². The Kier molecular flexibility index (Phi) is 5.12. The molecule has 0 aliphatic heterocycles. The Labute approximate surface area is 91.7 Å². The summed E-state index contributed by atoms with van der Waals surface area (Å²) in [7, 11) is 0. The first-order valence-electron chi connectivity index (χ1n) is 5.57. The number of rotatable bonds is 6. The second kappa shape index (κ2) is 6.40. The predicted octanol–water partition coefficient (Wildman–Crippen LogP) is 2.42.